The summed E-state index contributed by atoms with van der Waals surface area (Å²) in [6.45, 7) is 3.69. The fourth-order valence-corrected chi connectivity index (χ4v) is 2.06. The van der Waals surface area contributed by atoms with Crippen molar-refractivity contribution < 1.29 is 9.13 Å². The third kappa shape index (κ3) is 5.01. The predicted octanol–water partition coefficient (Wildman–Crippen LogP) is 3.48. The highest BCUT2D eigenvalue weighted by Crippen LogP contribution is 2.25. The summed E-state index contributed by atoms with van der Waals surface area (Å²) in [7, 11) is 1.52. The first-order valence-corrected chi connectivity index (χ1v) is 6.63. The van der Waals surface area contributed by atoms with Crippen molar-refractivity contribution in [2.24, 2.45) is 5.84 Å². The first-order valence-electron chi connectivity index (χ1n) is 6.63. The van der Waals surface area contributed by atoms with Crippen LogP contribution in [-0.4, -0.2) is 7.11 Å². The van der Waals surface area contributed by atoms with Crippen molar-refractivity contribution in [2.45, 2.75) is 38.1 Å². The van der Waals surface area contributed by atoms with Gasteiger partial charge in [0.05, 0.1) is 7.11 Å². The number of hydrogen-bond acceptors (Lipinski definition) is 3. The first-order chi connectivity index (χ1) is 9.22. The molecule has 3 nitrogen and oxygen atoms in total. The van der Waals surface area contributed by atoms with E-state index >= 15 is 0 Å². The highest BCUT2D eigenvalue weighted by atomic mass is 19.1. The van der Waals surface area contributed by atoms with Gasteiger partial charge in [-0.2, -0.15) is 0 Å². The van der Waals surface area contributed by atoms with Gasteiger partial charge in [-0.15, -0.1) is 6.58 Å². The molecule has 0 saturated heterocycles. The standard InChI is InChI=1S/C15H23FN2O/c1-3-4-5-6-7-8-15(18-17)13-10-9-12(19-2)11-14(13)16/h3,9-11,15,18H,1,4-8,17H2,2H3. The van der Waals surface area contributed by atoms with Gasteiger partial charge in [-0.3, -0.25) is 11.3 Å². The maximum Gasteiger partial charge on any atom is 0.131 e. The van der Waals surface area contributed by atoms with Crippen LogP contribution in [0, 0.1) is 5.82 Å². The van der Waals surface area contributed by atoms with Crippen molar-refractivity contribution in [3.8, 4) is 5.75 Å². The van der Waals surface area contributed by atoms with E-state index in [1.54, 1.807) is 12.1 Å². The number of benzene rings is 1. The van der Waals surface area contributed by atoms with E-state index in [9.17, 15) is 4.39 Å². The van der Waals surface area contributed by atoms with Crippen LogP contribution in [-0.2, 0) is 0 Å². The van der Waals surface area contributed by atoms with Crippen molar-refractivity contribution in [1.82, 2.24) is 5.43 Å². The molecule has 0 amide bonds. The summed E-state index contributed by atoms with van der Waals surface area (Å²) in [4.78, 5) is 0. The van der Waals surface area contributed by atoms with Gasteiger partial charge in [0.1, 0.15) is 11.6 Å². The van der Waals surface area contributed by atoms with Crippen LogP contribution in [0.4, 0.5) is 4.39 Å². The van der Waals surface area contributed by atoms with Crippen molar-refractivity contribution in [1.29, 1.82) is 0 Å². The molecule has 0 saturated carbocycles. The minimum atomic E-state index is -0.284. The zero-order valence-corrected chi connectivity index (χ0v) is 11.5. The molecular weight excluding hydrogens is 243 g/mol. The number of nitrogens with one attached hydrogen (secondary N) is 1. The van der Waals surface area contributed by atoms with Crippen LogP contribution < -0.4 is 16.0 Å². The number of halogens is 1. The smallest absolute Gasteiger partial charge is 0.131 e. The van der Waals surface area contributed by atoms with Crippen molar-refractivity contribution >= 4 is 0 Å². The van der Waals surface area contributed by atoms with Crippen LogP contribution in [0.25, 0.3) is 0 Å². The molecular formula is C15H23FN2O. The molecule has 1 rings (SSSR count). The van der Waals surface area contributed by atoms with Gasteiger partial charge >= 0.3 is 0 Å². The van der Waals surface area contributed by atoms with Gasteiger partial charge < -0.3 is 4.74 Å². The van der Waals surface area contributed by atoms with Crippen LogP contribution in [0.3, 0.4) is 0 Å². The van der Waals surface area contributed by atoms with Crippen LogP contribution >= 0.6 is 0 Å². The Morgan fingerprint density at radius 1 is 1.42 bits per heavy atom. The molecule has 1 aromatic carbocycles. The van der Waals surface area contributed by atoms with E-state index in [0.29, 0.717) is 11.3 Å². The van der Waals surface area contributed by atoms with Crippen molar-refractivity contribution in [3.63, 3.8) is 0 Å². The summed E-state index contributed by atoms with van der Waals surface area (Å²) < 4.78 is 18.9. The lowest BCUT2D eigenvalue weighted by molar-refractivity contribution is 0.407. The Morgan fingerprint density at radius 2 is 2.21 bits per heavy atom. The van der Waals surface area contributed by atoms with E-state index in [2.05, 4.69) is 12.0 Å². The second-order valence-corrected chi connectivity index (χ2v) is 4.53. The average molecular weight is 266 g/mol. The lowest BCUT2D eigenvalue weighted by Crippen LogP contribution is -2.28. The van der Waals surface area contributed by atoms with Crippen LogP contribution in [0.1, 0.15) is 43.7 Å². The molecule has 4 heteroatoms. The second-order valence-electron chi connectivity index (χ2n) is 4.53. The first kappa shape index (κ1) is 15.7. The topological polar surface area (TPSA) is 47.3 Å². The van der Waals surface area contributed by atoms with E-state index in [1.165, 1.54) is 13.2 Å². The summed E-state index contributed by atoms with van der Waals surface area (Å²) in [5.41, 5.74) is 3.28. The molecule has 0 spiro atoms. The Morgan fingerprint density at radius 3 is 2.79 bits per heavy atom. The summed E-state index contributed by atoms with van der Waals surface area (Å²) in [5, 5.41) is 0. The fourth-order valence-electron chi connectivity index (χ4n) is 2.06. The molecule has 1 atom stereocenters. The molecule has 1 aromatic rings. The Kier molecular flexibility index (Phi) is 7.15. The fraction of sp³-hybridized carbons (Fsp3) is 0.467. The lowest BCUT2D eigenvalue weighted by atomic mass is 10.00. The van der Waals surface area contributed by atoms with Crippen LogP contribution in [0.2, 0.25) is 0 Å². The number of hydrogen-bond donors (Lipinski definition) is 2. The minimum absolute atomic E-state index is 0.158. The van der Waals surface area contributed by atoms with Crippen LogP contribution in [0.15, 0.2) is 30.9 Å². The predicted molar refractivity (Wildman–Crippen MR) is 76.3 cm³/mol. The minimum Gasteiger partial charge on any atom is -0.497 e. The summed E-state index contributed by atoms with van der Waals surface area (Å²) in [6, 6.07) is 4.70. The molecule has 0 aromatic heterocycles. The van der Waals surface area contributed by atoms with Gasteiger partial charge in [0.2, 0.25) is 0 Å². The van der Waals surface area contributed by atoms with Gasteiger partial charge in [0.15, 0.2) is 0 Å². The van der Waals surface area contributed by atoms with E-state index in [1.807, 2.05) is 6.08 Å². The van der Waals surface area contributed by atoms with Gasteiger partial charge in [0, 0.05) is 17.7 Å². The molecule has 1 unspecified atom stereocenters. The van der Waals surface area contributed by atoms with Crippen molar-refractivity contribution in [3.05, 3.63) is 42.2 Å². The number of hydrazine groups is 1. The Bertz CT molecular complexity index is 396. The summed E-state index contributed by atoms with van der Waals surface area (Å²) >= 11 is 0. The molecule has 0 bridgehead atoms. The molecule has 19 heavy (non-hydrogen) atoms. The number of methoxy groups -OCH3 is 1. The summed E-state index contributed by atoms with van der Waals surface area (Å²) in [5.74, 6) is 5.75. The summed E-state index contributed by atoms with van der Waals surface area (Å²) in [6.07, 6.45) is 6.98. The van der Waals surface area contributed by atoms with E-state index in [0.717, 1.165) is 32.1 Å². The van der Waals surface area contributed by atoms with Crippen LogP contribution in [0.5, 0.6) is 5.75 Å². The highest BCUT2D eigenvalue weighted by molar-refractivity contribution is 5.30. The molecule has 0 radical (unpaired) electrons. The number of rotatable bonds is 9. The molecule has 106 valence electrons. The van der Waals surface area contributed by atoms with Gasteiger partial charge in [-0.1, -0.05) is 25.0 Å². The molecule has 0 aliphatic rings. The number of unbranched alkanes of at least 4 members (excludes halogenated alkanes) is 3. The number of allylic oxidation sites excluding steroid dienone is 1. The quantitative estimate of drug-likeness (QED) is 0.311. The zero-order valence-electron chi connectivity index (χ0n) is 11.5. The van der Waals surface area contributed by atoms with Gasteiger partial charge in [-0.25, -0.2) is 4.39 Å². The monoisotopic (exact) mass is 266 g/mol. The third-order valence-electron chi connectivity index (χ3n) is 3.19. The Hall–Kier alpha value is -1.39. The Labute approximate surface area is 114 Å². The van der Waals surface area contributed by atoms with E-state index < -0.39 is 0 Å². The Balaban J connectivity index is 2.56. The molecule has 0 aliphatic carbocycles. The SMILES string of the molecule is C=CCCCCCC(NN)c1ccc(OC)cc1F. The second kappa shape index (κ2) is 8.67. The molecule has 0 heterocycles. The number of nitrogens with two attached hydrogens (primary N) is 1. The molecule has 0 fully saturated rings. The largest absolute Gasteiger partial charge is 0.497 e. The maximum atomic E-state index is 13.9. The normalized spacial score (nSPS) is 12.2. The zero-order chi connectivity index (χ0) is 14.1. The lowest BCUT2D eigenvalue weighted by Gasteiger charge is -2.17. The average Bonchev–Trinajstić information content (AvgIpc) is 2.43. The molecule has 0 aliphatic heterocycles. The van der Waals surface area contributed by atoms with E-state index in [4.69, 9.17) is 10.6 Å². The maximum absolute atomic E-state index is 13.9. The van der Waals surface area contributed by atoms with Gasteiger partial charge in [0.25, 0.3) is 0 Å². The molecule has 3 N–H and O–H groups in total. The third-order valence-corrected chi connectivity index (χ3v) is 3.19. The van der Waals surface area contributed by atoms with Crippen molar-refractivity contribution in [2.75, 3.05) is 7.11 Å². The number of ether oxygens (including phenoxy) is 1. The highest BCUT2D eigenvalue weighted by Gasteiger charge is 2.14. The van der Waals surface area contributed by atoms with E-state index in [-0.39, 0.29) is 11.9 Å². The van der Waals surface area contributed by atoms with Gasteiger partial charge in [-0.05, 0) is 25.3 Å².